The number of hydrogen-bond acceptors (Lipinski definition) is 4. The van der Waals surface area contributed by atoms with Crippen LogP contribution in [0.25, 0.3) is 0 Å². The molecule has 0 aliphatic carbocycles. The topological polar surface area (TPSA) is 58.8 Å². The minimum atomic E-state index is 0. The van der Waals surface area contributed by atoms with Crippen LogP contribution in [0.4, 0.5) is 5.69 Å². The molecule has 0 radical (unpaired) electrons. The molecule has 0 bridgehead atoms. The van der Waals surface area contributed by atoms with Gasteiger partial charge in [0.2, 0.25) is 5.91 Å². The Hall–Kier alpha value is -1.01. The van der Waals surface area contributed by atoms with Gasteiger partial charge in [-0.15, -0.1) is 24.8 Å². The maximum absolute atomic E-state index is 12.6. The highest BCUT2D eigenvalue weighted by Crippen LogP contribution is 2.20. The van der Waals surface area contributed by atoms with Crippen LogP contribution in [0.15, 0.2) is 24.3 Å². The summed E-state index contributed by atoms with van der Waals surface area (Å²) < 4.78 is 5.39. The van der Waals surface area contributed by atoms with Crippen LogP contribution in [0.2, 0.25) is 0 Å². The Bertz CT molecular complexity index is 507. The van der Waals surface area contributed by atoms with Gasteiger partial charge < -0.3 is 15.4 Å². The van der Waals surface area contributed by atoms with Gasteiger partial charge >= 0.3 is 0 Å². The third kappa shape index (κ3) is 5.52. The summed E-state index contributed by atoms with van der Waals surface area (Å²) in [7, 11) is 0. The highest BCUT2D eigenvalue weighted by molar-refractivity contribution is 5.85. The van der Waals surface area contributed by atoms with Crippen molar-refractivity contribution >= 4 is 36.4 Å². The molecule has 3 rings (SSSR count). The first-order valence-corrected chi connectivity index (χ1v) is 8.16. The zero-order valence-electron chi connectivity index (χ0n) is 13.9. The summed E-state index contributed by atoms with van der Waals surface area (Å²) in [5, 5.41) is 0. The number of halogens is 2. The highest BCUT2D eigenvalue weighted by Gasteiger charge is 2.30. The van der Waals surface area contributed by atoms with Crippen LogP contribution >= 0.6 is 24.8 Å². The van der Waals surface area contributed by atoms with Crippen LogP contribution in [-0.2, 0) is 16.0 Å². The summed E-state index contributed by atoms with van der Waals surface area (Å²) >= 11 is 0. The summed E-state index contributed by atoms with van der Waals surface area (Å²) in [5.41, 5.74) is 7.47. The Morgan fingerprint density at radius 2 is 1.79 bits per heavy atom. The number of anilines is 1. The summed E-state index contributed by atoms with van der Waals surface area (Å²) in [6, 6.07) is 7.97. The molecule has 2 aliphatic rings. The van der Waals surface area contributed by atoms with Crippen molar-refractivity contribution in [3.63, 3.8) is 0 Å². The molecule has 7 heteroatoms. The van der Waals surface area contributed by atoms with E-state index < -0.39 is 0 Å². The number of benzene rings is 1. The molecular weight excluding hydrogens is 349 g/mol. The number of hydrogen-bond donors (Lipinski definition) is 1. The number of nitrogen functional groups attached to an aromatic ring is 1. The van der Waals surface area contributed by atoms with Gasteiger partial charge in [0.15, 0.2) is 0 Å². The predicted molar refractivity (Wildman–Crippen MR) is 101 cm³/mol. The van der Waals surface area contributed by atoms with Crippen molar-refractivity contribution in [2.75, 3.05) is 45.1 Å². The first-order chi connectivity index (χ1) is 10.7. The Kier molecular flexibility index (Phi) is 8.84. The molecule has 1 amide bonds. The van der Waals surface area contributed by atoms with Crippen molar-refractivity contribution in [1.82, 2.24) is 9.80 Å². The number of likely N-dealkylation sites (tertiary alicyclic amines) is 1. The summed E-state index contributed by atoms with van der Waals surface area (Å²) in [4.78, 5) is 17.1. The molecule has 1 atom stereocenters. The lowest BCUT2D eigenvalue weighted by Gasteiger charge is -2.33. The third-order valence-electron chi connectivity index (χ3n) is 4.61. The van der Waals surface area contributed by atoms with E-state index >= 15 is 0 Å². The van der Waals surface area contributed by atoms with Gasteiger partial charge in [-0.05, 0) is 30.5 Å². The summed E-state index contributed by atoms with van der Waals surface area (Å²) in [5.74, 6) is 0.237. The zero-order valence-corrected chi connectivity index (χ0v) is 15.5. The van der Waals surface area contributed by atoms with Crippen molar-refractivity contribution < 1.29 is 9.53 Å². The molecule has 2 saturated heterocycles. The fraction of sp³-hybridized carbons (Fsp3) is 0.588. The Balaban J connectivity index is 0.00000144. The lowest BCUT2D eigenvalue weighted by Crippen LogP contribution is -2.47. The van der Waals surface area contributed by atoms with E-state index in [-0.39, 0.29) is 30.7 Å². The molecule has 1 aromatic rings. The highest BCUT2D eigenvalue weighted by atomic mass is 35.5. The molecule has 2 N–H and O–H groups in total. The van der Waals surface area contributed by atoms with Gasteiger partial charge in [0.1, 0.15) is 0 Å². The van der Waals surface area contributed by atoms with E-state index in [1.54, 1.807) is 0 Å². The summed E-state index contributed by atoms with van der Waals surface area (Å²) in [6.07, 6.45) is 2.70. The SMILES string of the molecule is Cl.Cl.Nc1ccc(CC(=O)N2CCCC2CN2CCOCC2)cc1. The Morgan fingerprint density at radius 1 is 1.12 bits per heavy atom. The molecule has 1 unspecified atom stereocenters. The van der Waals surface area contributed by atoms with Gasteiger partial charge in [0.25, 0.3) is 0 Å². The molecular formula is C17H27Cl2N3O2. The first-order valence-electron chi connectivity index (χ1n) is 8.16. The van der Waals surface area contributed by atoms with E-state index in [9.17, 15) is 4.79 Å². The van der Waals surface area contributed by atoms with Gasteiger partial charge in [-0.2, -0.15) is 0 Å². The monoisotopic (exact) mass is 375 g/mol. The second kappa shape index (κ2) is 10.1. The van der Waals surface area contributed by atoms with Crippen LogP contribution in [0.1, 0.15) is 18.4 Å². The Morgan fingerprint density at radius 3 is 2.46 bits per heavy atom. The average molecular weight is 376 g/mol. The number of amides is 1. The number of morpholine rings is 1. The molecule has 2 aliphatic heterocycles. The zero-order chi connectivity index (χ0) is 15.4. The van der Waals surface area contributed by atoms with Crippen molar-refractivity contribution in [2.24, 2.45) is 0 Å². The van der Waals surface area contributed by atoms with E-state index in [2.05, 4.69) is 9.80 Å². The van der Waals surface area contributed by atoms with Gasteiger partial charge in [0, 0.05) is 37.9 Å². The van der Waals surface area contributed by atoms with Crippen LogP contribution in [0.3, 0.4) is 0 Å². The molecule has 24 heavy (non-hydrogen) atoms. The largest absolute Gasteiger partial charge is 0.399 e. The second-order valence-corrected chi connectivity index (χ2v) is 6.21. The van der Waals surface area contributed by atoms with Crippen molar-refractivity contribution in [1.29, 1.82) is 0 Å². The lowest BCUT2D eigenvalue weighted by molar-refractivity contribution is -0.131. The first kappa shape index (κ1) is 21.0. The third-order valence-corrected chi connectivity index (χ3v) is 4.61. The van der Waals surface area contributed by atoms with Crippen molar-refractivity contribution in [3.8, 4) is 0 Å². The minimum absolute atomic E-state index is 0. The maximum atomic E-state index is 12.6. The molecule has 2 heterocycles. The fourth-order valence-electron chi connectivity index (χ4n) is 3.35. The van der Waals surface area contributed by atoms with Crippen LogP contribution in [-0.4, -0.2) is 61.1 Å². The molecule has 2 fully saturated rings. The van der Waals surface area contributed by atoms with E-state index in [1.807, 2.05) is 24.3 Å². The van der Waals surface area contributed by atoms with E-state index in [1.165, 1.54) is 0 Å². The van der Waals surface area contributed by atoms with Crippen LogP contribution in [0, 0.1) is 0 Å². The van der Waals surface area contributed by atoms with Crippen molar-refractivity contribution in [2.45, 2.75) is 25.3 Å². The van der Waals surface area contributed by atoms with Crippen LogP contribution in [0.5, 0.6) is 0 Å². The normalized spacial score (nSPS) is 21.0. The number of ether oxygens (including phenoxy) is 1. The van der Waals surface area contributed by atoms with Crippen molar-refractivity contribution in [3.05, 3.63) is 29.8 Å². The van der Waals surface area contributed by atoms with E-state index in [4.69, 9.17) is 10.5 Å². The van der Waals surface area contributed by atoms with Gasteiger partial charge in [-0.3, -0.25) is 9.69 Å². The van der Waals surface area contributed by atoms with Crippen LogP contribution < -0.4 is 5.73 Å². The fourth-order valence-corrected chi connectivity index (χ4v) is 3.35. The van der Waals surface area contributed by atoms with Gasteiger partial charge in [0.05, 0.1) is 19.6 Å². The number of nitrogens with zero attached hydrogens (tertiary/aromatic N) is 2. The van der Waals surface area contributed by atoms with E-state index in [0.717, 1.165) is 63.5 Å². The van der Waals surface area contributed by atoms with Gasteiger partial charge in [-0.25, -0.2) is 0 Å². The molecule has 136 valence electrons. The summed E-state index contributed by atoms with van der Waals surface area (Å²) in [6.45, 7) is 5.46. The Labute approximate surface area is 156 Å². The second-order valence-electron chi connectivity index (χ2n) is 6.21. The number of carbonyl (C=O) groups excluding carboxylic acids is 1. The average Bonchev–Trinajstić information content (AvgIpc) is 2.99. The standard InChI is InChI=1S/C17H25N3O2.2ClH/c18-15-5-3-14(4-6-15)12-17(21)20-7-1-2-16(20)13-19-8-10-22-11-9-19;;/h3-6,16H,1-2,7-13,18H2;2*1H. The quantitative estimate of drug-likeness (QED) is 0.817. The molecule has 0 spiro atoms. The molecule has 0 saturated carbocycles. The molecule has 1 aromatic carbocycles. The predicted octanol–water partition coefficient (Wildman–Crippen LogP) is 1.98. The smallest absolute Gasteiger partial charge is 0.227 e. The molecule has 5 nitrogen and oxygen atoms in total. The maximum Gasteiger partial charge on any atom is 0.227 e. The van der Waals surface area contributed by atoms with E-state index in [0.29, 0.717) is 12.5 Å². The minimum Gasteiger partial charge on any atom is -0.399 e. The lowest BCUT2D eigenvalue weighted by atomic mass is 10.1. The number of carbonyl (C=O) groups is 1. The van der Waals surface area contributed by atoms with Gasteiger partial charge in [-0.1, -0.05) is 12.1 Å². The molecule has 0 aromatic heterocycles. The number of rotatable bonds is 4. The number of nitrogens with two attached hydrogens (primary N) is 1.